The number of ketones is 1. The molecule has 0 saturated heterocycles. The van der Waals surface area contributed by atoms with Crippen molar-refractivity contribution in [2.45, 2.75) is 52.0 Å². The molecule has 25 heavy (non-hydrogen) atoms. The normalized spacial score (nSPS) is 18.3. The van der Waals surface area contributed by atoms with Crippen molar-refractivity contribution in [3.8, 4) is 11.5 Å². The summed E-state index contributed by atoms with van der Waals surface area (Å²) in [5.74, 6) is -0.344. The molecular weight excluding hydrogens is 322 g/mol. The van der Waals surface area contributed by atoms with Crippen molar-refractivity contribution in [2.24, 2.45) is 0 Å². The van der Waals surface area contributed by atoms with Crippen LogP contribution in [0.4, 0.5) is 5.69 Å². The molecule has 0 spiro atoms. The number of amides is 1. The molecule has 6 heteroatoms. The summed E-state index contributed by atoms with van der Waals surface area (Å²) in [5, 5.41) is 19.5. The van der Waals surface area contributed by atoms with Crippen LogP contribution in [-0.2, 0) is 4.79 Å². The lowest BCUT2D eigenvalue weighted by Gasteiger charge is -2.33. The van der Waals surface area contributed by atoms with E-state index in [0.29, 0.717) is 30.7 Å². The molecule has 0 saturated carbocycles. The zero-order chi connectivity index (χ0) is 18.4. The van der Waals surface area contributed by atoms with E-state index in [1.54, 1.807) is 13.0 Å². The SMILES string of the molecule is CCCCCCCOc1cc(O)c2c(c1)N(C=O)C(C)C(=CO)C2=O. The van der Waals surface area contributed by atoms with Crippen LogP contribution in [0, 0.1) is 0 Å². The number of hydrogen-bond acceptors (Lipinski definition) is 5. The van der Waals surface area contributed by atoms with Gasteiger partial charge in [0.25, 0.3) is 0 Å². The fraction of sp³-hybridized carbons (Fsp3) is 0.474. The third-order valence-corrected chi connectivity index (χ3v) is 4.47. The number of nitrogens with zero attached hydrogens (tertiary/aromatic N) is 1. The van der Waals surface area contributed by atoms with Crippen molar-refractivity contribution in [1.29, 1.82) is 0 Å². The molecule has 1 aliphatic heterocycles. The minimum Gasteiger partial charge on any atom is -0.515 e. The van der Waals surface area contributed by atoms with Gasteiger partial charge in [-0.25, -0.2) is 0 Å². The number of aliphatic hydroxyl groups excluding tert-OH is 1. The Balaban J connectivity index is 2.20. The van der Waals surface area contributed by atoms with E-state index in [-0.39, 0.29) is 16.9 Å². The first kappa shape index (κ1) is 18.8. The quantitative estimate of drug-likeness (QED) is 0.324. The Hall–Kier alpha value is -2.50. The van der Waals surface area contributed by atoms with Crippen LogP contribution in [-0.4, -0.2) is 35.1 Å². The van der Waals surface area contributed by atoms with Crippen molar-refractivity contribution in [2.75, 3.05) is 11.5 Å². The lowest BCUT2D eigenvalue weighted by Crippen LogP contribution is -2.40. The van der Waals surface area contributed by atoms with Crippen LogP contribution in [0.25, 0.3) is 0 Å². The summed E-state index contributed by atoms with van der Waals surface area (Å²) in [6.07, 6.45) is 6.79. The maximum Gasteiger partial charge on any atom is 0.214 e. The second kappa shape index (κ2) is 8.55. The van der Waals surface area contributed by atoms with E-state index in [0.717, 1.165) is 19.3 Å². The number of anilines is 1. The van der Waals surface area contributed by atoms with Gasteiger partial charge in [-0.2, -0.15) is 0 Å². The number of ether oxygens (including phenoxy) is 1. The monoisotopic (exact) mass is 347 g/mol. The maximum absolute atomic E-state index is 12.4. The number of aromatic hydroxyl groups is 1. The Morgan fingerprint density at radius 3 is 2.60 bits per heavy atom. The summed E-state index contributed by atoms with van der Waals surface area (Å²) in [6.45, 7) is 4.30. The number of fused-ring (bicyclic) bond motifs is 1. The highest BCUT2D eigenvalue weighted by Gasteiger charge is 2.36. The predicted octanol–water partition coefficient (Wildman–Crippen LogP) is 3.73. The van der Waals surface area contributed by atoms with E-state index in [2.05, 4.69) is 6.92 Å². The lowest BCUT2D eigenvalue weighted by atomic mass is 9.90. The average molecular weight is 347 g/mol. The van der Waals surface area contributed by atoms with Crippen molar-refractivity contribution in [3.05, 3.63) is 29.5 Å². The molecule has 1 aromatic carbocycles. The van der Waals surface area contributed by atoms with Crippen LogP contribution in [0.1, 0.15) is 56.3 Å². The molecule has 2 N–H and O–H groups in total. The van der Waals surface area contributed by atoms with Crippen molar-refractivity contribution >= 4 is 17.9 Å². The average Bonchev–Trinajstić information content (AvgIpc) is 2.58. The van der Waals surface area contributed by atoms with Crippen LogP contribution in [0.15, 0.2) is 24.0 Å². The topological polar surface area (TPSA) is 87.1 Å². The van der Waals surface area contributed by atoms with E-state index < -0.39 is 11.8 Å². The third-order valence-electron chi connectivity index (χ3n) is 4.47. The standard InChI is InChI=1S/C19H25NO5/c1-3-4-5-6-7-8-25-14-9-16-18(17(23)10-14)19(24)15(11-21)13(2)20(16)12-22/h9-13,21,23H,3-8H2,1-2H3. The van der Waals surface area contributed by atoms with Crippen molar-refractivity contribution in [1.82, 2.24) is 0 Å². The lowest BCUT2D eigenvalue weighted by molar-refractivity contribution is -0.107. The molecule has 1 aliphatic rings. The Bertz CT molecular complexity index is 668. The first-order valence-electron chi connectivity index (χ1n) is 8.67. The Kier molecular flexibility index (Phi) is 6.44. The van der Waals surface area contributed by atoms with Crippen LogP contribution in [0.5, 0.6) is 11.5 Å². The molecule has 1 unspecified atom stereocenters. The number of aliphatic hydroxyl groups is 1. The van der Waals surface area contributed by atoms with Gasteiger partial charge in [0.15, 0.2) is 5.78 Å². The summed E-state index contributed by atoms with van der Waals surface area (Å²) in [5.41, 5.74) is 0.347. The third kappa shape index (κ3) is 3.95. The van der Waals surface area contributed by atoms with E-state index in [1.807, 2.05) is 0 Å². The van der Waals surface area contributed by atoms with Gasteiger partial charge >= 0.3 is 0 Å². The van der Waals surface area contributed by atoms with Gasteiger partial charge < -0.3 is 19.8 Å². The number of phenolic OH excluding ortho intramolecular Hbond substituents is 1. The highest BCUT2D eigenvalue weighted by Crippen LogP contribution is 2.40. The van der Waals surface area contributed by atoms with Crippen LogP contribution >= 0.6 is 0 Å². The van der Waals surface area contributed by atoms with Gasteiger partial charge in [0, 0.05) is 12.1 Å². The van der Waals surface area contributed by atoms with E-state index in [1.165, 1.54) is 23.8 Å². The number of phenols is 1. The first-order chi connectivity index (χ1) is 12.0. The largest absolute Gasteiger partial charge is 0.515 e. The number of carbonyl (C=O) groups excluding carboxylic acids is 2. The zero-order valence-corrected chi connectivity index (χ0v) is 14.7. The summed E-state index contributed by atoms with van der Waals surface area (Å²) in [6, 6.07) is 2.33. The molecule has 0 radical (unpaired) electrons. The first-order valence-corrected chi connectivity index (χ1v) is 8.67. The fourth-order valence-electron chi connectivity index (χ4n) is 3.01. The molecule has 1 aromatic rings. The van der Waals surface area contributed by atoms with Gasteiger partial charge in [0.2, 0.25) is 6.41 Å². The zero-order valence-electron chi connectivity index (χ0n) is 14.7. The van der Waals surface area contributed by atoms with Gasteiger partial charge in [-0.15, -0.1) is 0 Å². The minimum atomic E-state index is -0.619. The van der Waals surface area contributed by atoms with E-state index in [9.17, 15) is 19.8 Å². The number of hydrogen-bond donors (Lipinski definition) is 2. The molecule has 0 bridgehead atoms. The molecule has 0 aromatic heterocycles. The number of unbranched alkanes of at least 4 members (excludes halogenated alkanes) is 4. The second-order valence-electron chi connectivity index (χ2n) is 6.20. The van der Waals surface area contributed by atoms with Gasteiger partial charge in [-0.1, -0.05) is 32.6 Å². The smallest absolute Gasteiger partial charge is 0.214 e. The van der Waals surface area contributed by atoms with Crippen molar-refractivity contribution < 1.29 is 24.5 Å². The molecular formula is C19H25NO5. The molecule has 2 rings (SSSR count). The number of rotatable bonds is 8. The molecule has 1 heterocycles. The van der Waals surface area contributed by atoms with Gasteiger partial charge in [0.1, 0.15) is 11.5 Å². The summed E-state index contributed by atoms with van der Waals surface area (Å²) in [7, 11) is 0. The van der Waals surface area contributed by atoms with Crippen LogP contribution < -0.4 is 9.64 Å². The highest BCUT2D eigenvalue weighted by atomic mass is 16.5. The van der Waals surface area contributed by atoms with E-state index >= 15 is 0 Å². The van der Waals surface area contributed by atoms with Gasteiger partial charge in [0.05, 0.1) is 35.7 Å². The maximum atomic E-state index is 12.4. The summed E-state index contributed by atoms with van der Waals surface area (Å²) < 4.78 is 5.67. The predicted molar refractivity (Wildman–Crippen MR) is 95.4 cm³/mol. The Labute approximate surface area is 147 Å². The summed E-state index contributed by atoms with van der Waals surface area (Å²) in [4.78, 5) is 25.2. The minimum absolute atomic E-state index is 0.000737. The number of benzene rings is 1. The molecule has 1 amide bonds. The molecule has 136 valence electrons. The Morgan fingerprint density at radius 1 is 1.24 bits per heavy atom. The second-order valence-corrected chi connectivity index (χ2v) is 6.20. The Morgan fingerprint density at radius 2 is 1.96 bits per heavy atom. The fourth-order valence-corrected chi connectivity index (χ4v) is 3.01. The number of carbonyl (C=O) groups is 2. The van der Waals surface area contributed by atoms with Gasteiger partial charge in [-0.3, -0.25) is 9.59 Å². The number of Topliss-reactive ketones (excluding diaryl/α,β-unsaturated/α-hetero) is 1. The molecule has 1 atom stereocenters. The van der Waals surface area contributed by atoms with Crippen LogP contribution in [0.3, 0.4) is 0 Å². The molecule has 6 nitrogen and oxygen atoms in total. The molecule has 0 aliphatic carbocycles. The molecule has 0 fully saturated rings. The van der Waals surface area contributed by atoms with E-state index in [4.69, 9.17) is 4.74 Å². The van der Waals surface area contributed by atoms with Crippen molar-refractivity contribution in [3.63, 3.8) is 0 Å². The van der Waals surface area contributed by atoms with Gasteiger partial charge in [-0.05, 0) is 13.3 Å². The van der Waals surface area contributed by atoms with Crippen LogP contribution in [0.2, 0.25) is 0 Å². The highest BCUT2D eigenvalue weighted by molar-refractivity contribution is 6.18. The summed E-state index contributed by atoms with van der Waals surface area (Å²) >= 11 is 0.